The molecule has 0 aromatic rings. The van der Waals surface area contributed by atoms with Gasteiger partial charge in [0.05, 0.1) is 0 Å². The van der Waals surface area contributed by atoms with Crippen LogP contribution in [0.25, 0.3) is 0 Å². The summed E-state index contributed by atoms with van der Waals surface area (Å²) in [7, 11) is 0. The SMILES string of the molecule is C#CCCN(CCCCN)C(=O)OC(C)(C)C.C=C. The summed E-state index contributed by atoms with van der Waals surface area (Å²) in [6.07, 6.45) is 7.23. The minimum Gasteiger partial charge on any atom is -0.444 e. The normalized spacial score (nSPS) is 9.84. The number of rotatable bonds is 6. The Kier molecular flexibility index (Phi) is 12.1. The van der Waals surface area contributed by atoms with E-state index in [1.165, 1.54) is 0 Å². The molecule has 0 aliphatic rings. The van der Waals surface area contributed by atoms with Crippen molar-refractivity contribution in [3.05, 3.63) is 13.2 Å². The molecule has 0 atom stereocenters. The largest absolute Gasteiger partial charge is 0.444 e. The molecule has 0 saturated heterocycles. The first kappa shape index (κ1) is 19.9. The maximum atomic E-state index is 11.9. The first-order valence-electron chi connectivity index (χ1n) is 6.52. The van der Waals surface area contributed by atoms with E-state index in [0.717, 1.165) is 12.8 Å². The molecule has 0 saturated carbocycles. The highest BCUT2D eigenvalue weighted by Gasteiger charge is 2.21. The summed E-state index contributed by atoms with van der Waals surface area (Å²) in [4.78, 5) is 13.5. The number of terminal acetylenes is 1. The Labute approximate surface area is 118 Å². The van der Waals surface area contributed by atoms with E-state index in [1.54, 1.807) is 4.90 Å². The first-order chi connectivity index (χ1) is 8.90. The molecule has 0 fully saturated rings. The molecule has 0 spiro atoms. The summed E-state index contributed by atoms with van der Waals surface area (Å²) in [5.74, 6) is 2.53. The summed E-state index contributed by atoms with van der Waals surface area (Å²) >= 11 is 0. The standard InChI is InChI=1S/C13H24N2O2.C2H4/c1-5-6-10-15(11-8-7-9-14)12(16)17-13(2,3)4;1-2/h1H,6-11,14H2,2-4H3;1-2H2. The molecule has 4 nitrogen and oxygen atoms in total. The van der Waals surface area contributed by atoms with Gasteiger partial charge in [-0.25, -0.2) is 4.79 Å². The van der Waals surface area contributed by atoms with Crippen molar-refractivity contribution in [2.45, 2.75) is 45.6 Å². The fourth-order valence-corrected chi connectivity index (χ4v) is 1.27. The average Bonchev–Trinajstić information content (AvgIpc) is 2.34. The van der Waals surface area contributed by atoms with Gasteiger partial charge in [-0.05, 0) is 40.2 Å². The van der Waals surface area contributed by atoms with Crippen molar-refractivity contribution in [2.24, 2.45) is 5.73 Å². The van der Waals surface area contributed by atoms with Gasteiger partial charge in [0.1, 0.15) is 5.60 Å². The van der Waals surface area contributed by atoms with Gasteiger partial charge in [-0.15, -0.1) is 25.5 Å². The van der Waals surface area contributed by atoms with Crippen molar-refractivity contribution in [1.29, 1.82) is 0 Å². The molecule has 2 N–H and O–H groups in total. The van der Waals surface area contributed by atoms with Crippen LogP contribution >= 0.6 is 0 Å². The maximum Gasteiger partial charge on any atom is 0.410 e. The van der Waals surface area contributed by atoms with Crippen molar-refractivity contribution < 1.29 is 9.53 Å². The van der Waals surface area contributed by atoms with E-state index in [0.29, 0.717) is 26.1 Å². The molecule has 1 amide bonds. The Bertz CT molecular complexity index is 277. The number of amides is 1. The highest BCUT2D eigenvalue weighted by molar-refractivity contribution is 5.68. The molecule has 0 aromatic carbocycles. The van der Waals surface area contributed by atoms with Crippen molar-refractivity contribution in [3.63, 3.8) is 0 Å². The molecule has 0 aromatic heterocycles. The van der Waals surface area contributed by atoms with Gasteiger partial charge in [-0.1, -0.05) is 0 Å². The second-order valence-electron chi connectivity index (χ2n) is 4.92. The van der Waals surface area contributed by atoms with Gasteiger partial charge < -0.3 is 15.4 Å². The molecule has 0 aliphatic heterocycles. The maximum absolute atomic E-state index is 11.9. The number of unbranched alkanes of at least 4 members (excludes halogenated alkanes) is 1. The topological polar surface area (TPSA) is 55.6 Å². The van der Waals surface area contributed by atoms with Crippen LogP contribution in [-0.2, 0) is 4.74 Å². The van der Waals surface area contributed by atoms with Crippen LogP contribution in [0.3, 0.4) is 0 Å². The summed E-state index contributed by atoms with van der Waals surface area (Å²) in [6.45, 7) is 13.4. The fourth-order valence-electron chi connectivity index (χ4n) is 1.27. The Morgan fingerprint density at radius 2 is 1.89 bits per heavy atom. The molecule has 0 unspecified atom stereocenters. The molecular formula is C15H28N2O2. The minimum absolute atomic E-state index is 0.301. The molecule has 0 radical (unpaired) electrons. The number of ether oxygens (including phenoxy) is 1. The highest BCUT2D eigenvalue weighted by atomic mass is 16.6. The van der Waals surface area contributed by atoms with Gasteiger partial charge in [-0.2, -0.15) is 0 Å². The van der Waals surface area contributed by atoms with Crippen LogP contribution in [0, 0.1) is 12.3 Å². The lowest BCUT2D eigenvalue weighted by Gasteiger charge is -2.27. The van der Waals surface area contributed by atoms with Crippen LogP contribution in [0.4, 0.5) is 4.79 Å². The Balaban J connectivity index is 0. The lowest BCUT2D eigenvalue weighted by atomic mass is 10.2. The zero-order chi connectivity index (χ0) is 15.3. The fraction of sp³-hybridized carbons (Fsp3) is 0.667. The zero-order valence-electron chi connectivity index (χ0n) is 12.6. The molecule has 0 bridgehead atoms. The Morgan fingerprint density at radius 3 is 2.32 bits per heavy atom. The predicted octanol–water partition coefficient (Wildman–Crippen LogP) is 2.79. The smallest absolute Gasteiger partial charge is 0.410 e. The monoisotopic (exact) mass is 268 g/mol. The number of hydrogen-bond acceptors (Lipinski definition) is 3. The highest BCUT2D eigenvalue weighted by Crippen LogP contribution is 2.10. The van der Waals surface area contributed by atoms with Crippen molar-refractivity contribution in [2.75, 3.05) is 19.6 Å². The Hall–Kier alpha value is -1.47. The average molecular weight is 268 g/mol. The molecular weight excluding hydrogens is 240 g/mol. The Morgan fingerprint density at radius 1 is 1.32 bits per heavy atom. The van der Waals surface area contributed by atoms with E-state index < -0.39 is 5.60 Å². The van der Waals surface area contributed by atoms with Crippen LogP contribution in [0.15, 0.2) is 13.2 Å². The van der Waals surface area contributed by atoms with E-state index in [9.17, 15) is 4.79 Å². The first-order valence-corrected chi connectivity index (χ1v) is 6.52. The van der Waals surface area contributed by atoms with E-state index in [-0.39, 0.29) is 6.09 Å². The van der Waals surface area contributed by atoms with Crippen molar-refractivity contribution in [1.82, 2.24) is 4.90 Å². The van der Waals surface area contributed by atoms with Crippen LogP contribution in [-0.4, -0.2) is 36.2 Å². The third-order valence-corrected chi connectivity index (χ3v) is 2.06. The van der Waals surface area contributed by atoms with Crippen LogP contribution in [0.2, 0.25) is 0 Å². The van der Waals surface area contributed by atoms with Crippen molar-refractivity contribution in [3.8, 4) is 12.3 Å². The van der Waals surface area contributed by atoms with E-state index in [1.807, 2.05) is 20.8 Å². The van der Waals surface area contributed by atoms with Crippen LogP contribution < -0.4 is 5.73 Å². The number of hydrogen-bond donors (Lipinski definition) is 1. The summed E-state index contributed by atoms with van der Waals surface area (Å²) in [6, 6.07) is 0. The summed E-state index contributed by atoms with van der Waals surface area (Å²) in [5, 5.41) is 0. The lowest BCUT2D eigenvalue weighted by Crippen LogP contribution is -2.38. The second kappa shape index (κ2) is 11.6. The van der Waals surface area contributed by atoms with Gasteiger partial charge >= 0.3 is 6.09 Å². The molecule has 110 valence electrons. The third kappa shape index (κ3) is 12.8. The quantitative estimate of drug-likeness (QED) is 0.458. The number of nitrogens with two attached hydrogens (primary N) is 1. The van der Waals surface area contributed by atoms with E-state index >= 15 is 0 Å². The van der Waals surface area contributed by atoms with Gasteiger partial charge in [0.15, 0.2) is 0 Å². The zero-order valence-corrected chi connectivity index (χ0v) is 12.6. The molecule has 19 heavy (non-hydrogen) atoms. The van der Waals surface area contributed by atoms with E-state index in [4.69, 9.17) is 16.9 Å². The lowest BCUT2D eigenvalue weighted by molar-refractivity contribution is 0.0251. The van der Waals surface area contributed by atoms with Crippen LogP contribution in [0.1, 0.15) is 40.0 Å². The van der Waals surface area contributed by atoms with E-state index in [2.05, 4.69) is 19.1 Å². The van der Waals surface area contributed by atoms with Crippen molar-refractivity contribution >= 4 is 6.09 Å². The van der Waals surface area contributed by atoms with Gasteiger partial charge in [0.25, 0.3) is 0 Å². The third-order valence-electron chi connectivity index (χ3n) is 2.06. The number of carbonyl (C=O) groups excluding carboxylic acids is 1. The number of carbonyl (C=O) groups is 1. The number of nitrogens with zero attached hydrogens (tertiary/aromatic N) is 1. The van der Waals surface area contributed by atoms with Crippen LogP contribution in [0.5, 0.6) is 0 Å². The summed E-state index contributed by atoms with van der Waals surface area (Å²) in [5.41, 5.74) is 4.95. The minimum atomic E-state index is -0.473. The molecule has 0 rings (SSSR count). The summed E-state index contributed by atoms with van der Waals surface area (Å²) < 4.78 is 5.31. The van der Waals surface area contributed by atoms with Gasteiger partial charge in [0.2, 0.25) is 0 Å². The molecule has 4 heteroatoms. The molecule has 0 heterocycles. The predicted molar refractivity (Wildman–Crippen MR) is 80.8 cm³/mol. The molecule has 0 aliphatic carbocycles. The van der Waals surface area contributed by atoms with Gasteiger partial charge in [-0.3, -0.25) is 0 Å². The van der Waals surface area contributed by atoms with Gasteiger partial charge in [0, 0.05) is 19.5 Å². The second-order valence-corrected chi connectivity index (χ2v) is 4.92.